The summed E-state index contributed by atoms with van der Waals surface area (Å²) >= 11 is 13.8. The Balaban J connectivity index is 1.30. The van der Waals surface area contributed by atoms with Gasteiger partial charge in [0, 0.05) is 33.2 Å². The number of amides is 3. The van der Waals surface area contributed by atoms with Crippen LogP contribution in [-0.2, 0) is 11.2 Å². The summed E-state index contributed by atoms with van der Waals surface area (Å²) in [5, 5.41) is 6.13. The minimum Gasteiger partial charge on any atom is -0.491 e. The van der Waals surface area contributed by atoms with E-state index >= 15 is 0 Å². The first kappa shape index (κ1) is 24.0. The van der Waals surface area contributed by atoms with Crippen molar-refractivity contribution in [1.82, 2.24) is 9.80 Å². The zero-order valence-electron chi connectivity index (χ0n) is 19.0. The lowest BCUT2D eigenvalue weighted by Gasteiger charge is -2.37. The third kappa shape index (κ3) is 5.74. The van der Waals surface area contributed by atoms with Crippen molar-refractivity contribution in [3.63, 3.8) is 0 Å². The van der Waals surface area contributed by atoms with Crippen LogP contribution in [0.1, 0.15) is 29.3 Å². The first-order valence-electron chi connectivity index (χ1n) is 11.6. The number of hydrogen-bond acceptors (Lipinski definition) is 4. The number of fused-ring (bicyclic) bond motifs is 1. The van der Waals surface area contributed by atoms with Gasteiger partial charge in [0.25, 0.3) is 0 Å². The second-order valence-electron chi connectivity index (χ2n) is 8.72. The maximum Gasteiger partial charge on any atom is 0.322 e. The van der Waals surface area contributed by atoms with Crippen molar-refractivity contribution in [3.8, 4) is 5.75 Å². The van der Waals surface area contributed by atoms with Gasteiger partial charge in [-0.2, -0.15) is 0 Å². The summed E-state index contributed by atoms with van der Waals surface area (Å²) in [7, 11) is 0. The lowest BCUT2D eigenvalue weighted by atomic mass is 10.0. The molecule has 182 valence electrons. The van der Waals surface area contributed by atoms with E-state index in [4.69, 9.17) is 27.9 Å². The molecule has 35 heavy (non-hydrogen) atoms. The molecule has 2 aromatic carbocycles. The predicted octanol–water partition coefficient (Wildman–Crippen LogP) is 6.26. The molecule has 0 spiro atoms. The second-order valence-corrected chi connectivity index (χ2v) is 10.6. The van der Waals surface area contributed by atoms with E-state index in [0.29, 0.717) is 34.6 Å². The van der Waals surface area contributed by atoms with Gasteiger partial charge in [-0.15, -0.1) is 11.3 Å². The van der Waals surface area contributed by atoms with Crippen LogP contribution in [0.3, 0.4) is 0 Å². The van der Waals surface area contributed by atoms with Crippen LogP contribution in [0.5, 0.6) is 5.75 Å². The summed E-state index contributed by atoms with van der Waals surface area (Å²) in [6, 6.07) is 15.8. The van der Waals surface area contributed by atoms with E-state index < -0.39 is 0 Å². The number of benzene rings is 2. The van der Waals surface area contributed by atoms with Crippen LogP contribution < -0.4 is 10.1 Å². The maximum absolute atomic E-state index is 13.6. The molecule has 1 aliphatic carbocycles. The number of ether oxygens (including phenoxy) is 1. The number of thiophene rings is 1. The molecule has 1 aliphatic heterocycles. The smallest absolute Gasteiger partial charge is 0.322 e. The number of urea groups is 1. The zero-order valence-corrected chi connectivity index (χ0v) is 21.3. The standard InChI is InChI=1S/C26H25Cl2N3O3S/c27-17-4-8-21(9-5-17)34-16-23-22-11-13-35-24(22)10-12-30(23)25(32)15-31(20-6-7-20)26(33)29-19-3-1-2-18(28)14-19/h1-5,8-9,11,13-14,20,23H,6-7,10,12,15-16H2,(H,29,33)/t23-/m0/s1. The molecule has 6 nitrogen and oxygen atoms in total. The SMILES string of the molecule is O=C(Nc1cccc(Cl)c1)N(CC(=O)N1CCc2sccc2[C@@H]1COc1ccc(Cl)cc1)C1CC1. The van der Waals surface area contributed by atoms with Gasteiger partial charge in [0.1, 0.15) is 18.9 Å². The number of rotatable bonds is 7. The van der Waals surface area contributed by atoms with Crippen molar-refractivity contribution in [2.24, 2.45) is 0 Å². The van der Waals surface area contributed by atoms with Gasteiger partial charge < -0.3 is 19.9 Å². The van der Waals surface area contributed by atoms with Crippen LogP contribution >= 0.6 is 34.5 Å². The number of nitrogens with zero attached hydrogens (tertiary/aromatic N) is 2. The van der Waals surface area contributed by atoms with Crippen molar-refractivity contribution in [1.29, 1.82) is 0 Å². The third-order valence-corrected chi connectivity index (χ3v) is 7.75. The normalized spacial score (nSPS) is 17.0. The Bertz CT molecular complexity index is 1210. The van der Waals surface area contributed by atoms with Crippen LogP contribution in [0.15, 0.2) is 60.0 Å². The minimum atomic E-state index is -0.287. The van der Waals surface area contributed by atoms with Crippen molar-refractivity contribution in [2.75, 3.05) is 25.0 Å². The van der Waals surface area contributed by atoms with Crippen molar-refractivity contribution in [3.05, 3.63) is 80.5 Å². The highest BCUT2D eigenvalue weighted by atomic mass is 35.5. The maximum atomic E-state index is 13.6. The molecule has 9 heteroatoms. The Labute approximate surface area is 218 Å². The van der Waals surface area contributed by atoms with E-state index in [1.54, 1.807) is 52.6 Å². The Morgan fingerprint density at radius 3 is 2.63 bits per heavy atom. The van der Waals surface area contributed by atoms with Gasteiger partial charge in [-0.1, -0.05) is 29.3 Å². The fourth-order valence-electron chi connectivity index (χ4n) is 4.33. The van der Waals surface area contributed by atoms with E-state index in [2.05, 4.69) is 16.8 Å². The average Bonchev–Trinajstić information content (AvgIpc) is 3.57. The molecule has 0 radical (unpaired) electrons. The van der Waals surface area contributed by atoms with Crippen LogP contribution in [-0.4, -0.2) is 47.5 Å². The van der Waals surface area contributed by atoms with Gasteiger partial charge in [-0.05, 0) is 78.7 Å². The predicted molar refractivity (Wildman–Crippen MR) is 140 cm³/mol. The number of nitrogens with one attached hydrogen (secondary N) is 1. The molecule has 1 N–H and O–H groups in total. The highest BCUT2D eigenvalue weighted by Crippen LogP contribution is 2.35. The summed E-state index contributed by atoms with van der Waals surface area (Å²) < 4.78 is 6.06. The summed E-state index contributed by atoms with van der Waals surface area (Å²) in [5.41, 5.74) is 1.72. The van der Waals surface area contributed by atoms with Crippen LogP contribution in [0.2, 0.25) is 10.0 Å². The van der Waals surface area contributed by atoms with E-state index in [0.717, 1.165) is 24.8 Å². The first-order valence-corrected chi connectivity index (χ1v) is 13.2. The summed E-state index contributed by atoms with van der Waals surface area (Å²) in [6.07, 6.45) is 2.59. The second kappa shape index (κ2) is 10.5. The topological polar surface area (TPSA) is 61.9 Å². The fraction of sp³-hybridized carbons (Fsp3) is 0.308. The van der Waals surface area contributed by atoms with E-state index in [1.807, 2.05) is 17.0 Å². The lowest BCUT2D eigenvalue weighted by Crippen LogP contribution is -2.49. The van der Waals surface area contributed by atoms with E-state index in [-0.39, 0.29) is 30.6 Å². The zero-order chi connectivity index (χ0) is 24.4. The largest absolute Gasteiger partial charge is 0.491 e. The molecule has 5 rings (SSSR count). The number of halogens is 2. The first-order chi connectivity index (χ1) is 17.0. The van der Waals surface area contributed by atoms with Gasteiger partial charge in [0.2, 0.25) is 5.91 Å². The number of carbonyl (C=O) groups excluding carboxylic acids is 2. The quantitative estimate of drug-likeness (QED) is 0.393. The molecule has 0 bridgehead atoms. The molecular formula is C26H25Cl2N3O3S. The molecule has 2 aliphatic rings. The molecule has 1 atom stereocenters. The van der Waals surface area contributed by atoms with Gasteiger partial charge in [-0.3, -0.25) is 4.79 Å². The third-order valence-electron chi connectivity index (χ3n) is 6.27. The fourth-order valence-corrected chi connectivity index (χ4v) is 5.58. The summed E-state index contributed by atoms with van der Waals surface area (Å²) in [5.74, 6) is 0.615. The monoisotopic (exact) mass is 529 g/mol. The number of hydrogen-bond donors (Lipinski definition) is 1. The van der Waals surface area contributed by atoms with E-state index in [1.165, 1.54) is 4.88 Å². The van der Waals surface area contributed by atoms with Crippen LogP contribution in [0.4, 0.5) is 10.5 Å². The highest BCUT2D eigenvalue weighted by molar-refractivity contribution is 7.10. The van der Waals surface area contributed by atoms with Crippen molar-refractivity contribution < 1.29 is 14.3 Å². The molecule has 3 aromatic rings. The van der Waals surface area contributed by atoms with Gasteiger partial charge >= 0.3 is 6.03 Å². The molecular weight excluding hydrogens is 505 g/mol. The summed E-state index contributed by atoms with van der Waals surface area (Å²) in [4.78, 5) is 31.4. The van der Waals surface area contributed by atoms with Crippen LogP contribution in [0.25, 0.3) is 0 Å². The van der Waals surface area contributed by atoms with Crippen LogP contribution in [0, 0.1) is 0 Å². The highest BCUT2D eigenvalue weighted by Gasteiger charge is 2.38. The minimum absolute atomic E-state index is 0.0218. The Morgan fingerprint density at radius 2 is 1.89 bits per heavy atom. The number of carbonyl (C=O) groups is 2. The molecule has 0 saturated heterocycles. The Morgan fingerprint density at radius 1 is 1.09 bits per heavy atom. The molecule has 1 saturated carbocycles. The van der Waals surface area contributed by atoms with Gasteiger partial charge in [0.05, 0.1) is 6.04 Å². The van der Waals surface area contributed by atoms with Crippen molar-refractivity contribution in [2.45, 2.75) is 31.3 Å². The number of anilines is 1. The van der Waals surface area contributed by atoms with Crippen molar-refractivity contribution >= 4 is 52.2 Å². The Hall–Kier alpha value is -2.74. The summed E-state index contributed by atoms with van der Waals surface area (Å²) in [6.45, 7) is 0.943. The Kier molecular flexibility index (Phi) is 7.18. The molecule has 2 heterocycles. The van der Waals surface area contributed by atoms with Gasteiger partial charge in [-0.25, -0.2) is 4.79 Å². The molecule has 1 fully saturated rings. The lowest BCUT2D eigenvalue weighted by molar-refractivity contribution is -0.135. The molecule has 3 amide bonds. The average molecular weight is 530 g/mol. The van der Waals surface area contributed by atoms with E-state index in [9.17, 15) is 9.59 Å². The van der Waals surface area contributed by atoms with Gasteiger partial charge in [0.15, 0.2) is 0 Å². The molecule has 0 unspecified atom stereocenters. The molecule has 1 aromatic heterocycles.